The second-order valence-corrected chi connectivity index (χ2v) is 5.27. The van der Waals surface area contributed by atoms with Gasteiger partial charge in [-0.3, -0.25) is 0 Å². The third kappa shape index (κ3) is 3.16. The minimum atomic E-state index is 0.205. The maximum Gasteiger partial charge on any atom is 0.126 e. The smallest absolute Gasteiger partial charge is 0.126 e. The standard InChI is InChI=1S/C17H19N3/c1-12(2)17(15-7-5-4-6-13(15)3)20-16-9-8-14(10-18)11-19-16/h4-9,11-12,17H,1-3H3,(H,19,20). The van der Waals surface area contributed by atoms with E-state index >= 15 is 0 Å². The zero-order valence-electron chi connectivity index (χ0n) is 12.1. The molecule has 0 saturated carbocycles. The summed E-state index contributed by atoms with van der Waals surface area (Å²) in [4.78, 5) is 4.29. The van der Waals surface area contributed by atoms with Gasteiger partial charge < -0.3 is 5.32 Å². The Bertz CT molecular complexity index is 609. The number of aromatic nitrogens is 1. The van der Waals surface area contributed by atoms with Gasteiger partial charge in [-0.05, 0) is 36.1 Å². The number of pyridine rings is 1. The highest BCUT2D eigenvalue weighted by atomic mass is 15.0. The molecule has 1 unspecified atom stereocenters. The van der Waals surface area contributed by atoms with E-state index in [1.807, 2.05) is 6.07 Å². The highest BCUT2D eigenvalue weighted by Gasteiger charge is 2.17. The molecule has 1 N–H and O–H groups in total. The molecule has 0 radical (unpaired) electrons. The van der Waals surface area contributed by atoms with Crippen LogP contribution in [-0.4, -0.2) is 4.98 Å². The molecule has 0 saturated heterocycles. The molecule has 0 fully saturated rings. The molecule has 2 rings (SSSR count). The summed E-state index contributed by atoms with van der Waals surface area (Å²) in [6.45, 7) is 6.50. The van der Waals surface area contributed by atoms with Crippen LogP contribution in [0.3, 0.4) is 0 Å². The largest absolute Gasteiger partial charge is 0.363 e. The molecule has 0 spiro atoms. The Hall–Kier alpha value is -2.34. The number of benzene rings is 1. The van der Waals surface area contributed by atoms with Gasteiger partial charge in [0.15, 0.2) is 0 Å². The van der Waals surface area contributed by atoms with Crippen molar-refractivity contribution in [2.75, 3.05) is 5.32 Å². The van der Waals surface area contributed by atoms with Crippen LogP contribution >= 0.6 is 0 Å². The zero-order valence-corrected chi connectivity index (χ0v) is 12.1. The van der Waals surface area contributed by atoms with Crippen LogP contribution in [0, 0.1) is 24.2 Å². The van der Waals surface area contributed by atoms with Crippen molar-refractivity contribution in [2.24, 2.45) is 5.92 Å². The fraction of sp³-hybridized carbons (Fsp3) is 0.294. The molecule has 0 aliphatic rings. The van der Waals surface area contributed by atoms with Crippen LogP contribution in [0.2, 0.25) is 0 Å². The van der Waals surface area contributed by atoms with Crippen LogP contribution in [0.5, 0.6) is 0 Å². The summed E-state index contributed by atoms with van der Waals surface area (Å²) < 4.78 is 0. The van der Waals surface area contributed by atoms with Gasteiger partial charge in [0.1, 0.15) is 11.9 Å². The predicted molar refractivity (Wildman–Crippen MR) is 81.3 cm³/mol. The monoisotopic (exact) mass is 265 g/mol. The maximum atomic E-state index is 8.80. The predicted octanol–water partition coefficient (Wildman–Crippen LogP) is 4.07. The summed E-state index contributed by atoms with van der Waals surface area (Å²) >= 11 is 0. The normalized spacial score (nSPS) is 11.9. The van der Waals surface area contributed by atoms with Gasteiger partial charge in [-0.1, -0.05) is 38.1 Å². The third-order valence-corrected chi connectivity index (χ3v) is 3.39. The molecule has 0 bridgehead atoms. The average molecular weight is 265 g/mol. The van der Waals surface area contributed by atoms with E-state index in [0.717, 1.165) is 5.82 Å². The van der Waals surface area contributed by atoms with E-state index in [1.54, 1.807) is 12.3 Å². The van der Waals surface area contributed by atoms with Crippen LogP contribution in [-0.2, 0) is 0 Å². The Morgan fingerprint density at radius 2 is 1.90 bits per heavy atom. The Morgan fingerprint density at radius 3 is 2.45 bits per heavy atom. The second-order valence-electron chi connectivity index (χ2n) is 5.27. The number of aryl methyl sites for hydroxylation is 1. The molecule has 1 aromatic carbocycles. The van der Waals surface area contributed by atoms with Crippen molar-refractivity contribution in [1.82, 2.24) is 4.98 Å². The van der Waals surface area contributed by atoms with Crippen molar-refractivity contribution in [3.63, 3.8) is 0 Å². The van der Waals surface area contributed by atoms with Crippen molar-refractivity contribution in [1.29, 1.82) is 5.26 Å². The zero-order chi connectivity index (χ0) is 14.5. The van der Waals surface area contributed by atoms with E-state index in [1.165, 1.54) is 11.1 Å². The van der Waals surface area contributed by atoms with Gasteiger partial charge >= 0.3 is 0 Å². The molecule has 3 heteroatoms. The van der Waals surface area contributed by atoms with Crippen molar-refractivity contribution in [2.45, 2.75) is 26.8 Å². The van der Waals surface area contributed by atoms with Gasteiger partial charge in [-0.25, -0.2) is 4.98 Å². The van der Waals surface area contributed by atoms with Gasteiger partial charge in [0.05, 0.1) is 11.6 Å². The first-order valence-corrected chi connectivity index (χ1v) is 6.80. The van der Waals surface area contributed by atoms with Crippen LogP contribution in [0.25, 0.3) is 0 Å². The molecule has 1 atom stereocenters. The molecule has 0 aliphatic carbocycles. The summed E-state index contributed by atoms with van der Waals surface area (Å²) in [6, 6.07) is 14.3. The maximum absolute atomic E-state index is 8.80. The number of hydrogen-bond donors (Lipinski definition) is 1. The fourth-order valence-electron chi connectivity index (χ4n) is 2.24. The number of rotatable bonds is 4. The summed E-state index contributed by atoms with van der Waals surface area (Å²) in [6.07, 6.45) is 1.59. The topological polar surface area (TPSA) is 48.7 Å². The lowest BCUT2D eigenvalue weighted by molar-refractivity contribution is 0.542. The number of nitriles is 1. The lowest BCUT2D eigenvalue weighted by atomic mass is 9.92. The van der Waals surface area contributed by atoms with E-state index in [2.05, 4.69) is 61.4 Å². The Balaban J connectivity index is 2.26. The minimum absolute atomic E-state index is 0.205. The fourth-order valence-corrected chi connectivity index (χ4v) is 2.24. The number of nitrogens with zero attached hydrogens (tertiary/aromatic N) is 2. The van der Waals surface area contributed by atoms with Gasteiger partial charge in [-0.2, -0.15) is 5.26 Å². The molecule has 20 heavy (non-hydrogen) atoms. The first-order chi connectivity index (χ1) is 9.61. The van der Waals surface area contributed by atoms with Crippen LogP contribution in [0.1, 0.15) is 36.6 Å². The van der Waals surface area contributed by atoms with Gasteiger partial charge in [0.25, 0.3) is 0 Å². The SMILES string of the molecule is Cc1ccccc1C(Nc1ccc(C#N)cn1)C(C)C. The van der Waals surface area contributed by atoms with Crippen molar-refractivity contribution >= 4 is 5.82 Å². The number of nitrogens with one attached hydrogen (secondary N) is 1. The highest BCUT2D eigenvalue weighted by Crippen LogP contribution is 2.28. The van der Waals surface area contributed by atoms with E-state index in [-0.39, 0.29) is 6.04 Å². The van der Waals surface area contributed by atoms with Gasteiger partial charge in [-0.15, -0.1) is 0 Å². The van der Waals surface area contributed by atoms with E-state index in [9.17, 15) is 0 Å². The molecule has 1 heterocycles. The van der Waals surface area contributed by atoms with E-state index in [4.69, 9.17) is 5.26 Å². The van der Waals surface area contributed by atoms with E-state index in [0.29, 0.717) is 11.5 Å². The quantitative estimate of drug-likeness (QED) is 0.906. The summed E-state index contributed by atoms with van der Waals surface area (Å²) in [7, 11) is 0. The molecule has 3 nitrogen and oxygen atoms in total. The lowest BCUT2D eigenvalue weighted by Gasteiger charge is -2.25. The van der Waals surface area contributed by atoms with Crippen LogP contribution in [0.15, 0.2) is 42.6 Å². The van der Waals surface area contributed by atoms with Gasteiger partial charge in [0.2, 0.25) is 0 Å². The highest BCUT2D eigenvalue weighted by molar-refractivity contribution is 5.43. The lowest BCUT2D eigenvalue weighted by Crippen LogP contribution is -2.18. The number of hydrogen-bond acceptors (Lipinski definition) is 3. The molecule has 0 amide bonds. The second kappa shape index (κ2) is 6.21. The Labute approximate surface area is 120 Å². The van der Waals surface area contributed by atoms with Crippen molar-refractivity contribution in [3.8, 4) is 6.07 Å². The Kier molecular flexibility index (Phi) is 4.37. The minimum Gasteiger partial charge on any atom is -0.363 e. The third-order valence-electron chi connectivity index (χ3n) is 3.39. The molecule has 102 valence electrons. The average Bonchev–Trinajstić information content (AvgIpc) is 2.46. The summed E-state index contributed by atoms with van der Waals surface area (Å²) in [5.74, 6) is 1.24. The van der Waals surface area contributed by atoms with E-state index < -0.39 is 0 Å². The van der Waals surface area contributed by atoms with Crippen LogP contribution < -0.4 is 5.32 Å². The molecule has 2 aromatic rings. The van der Waals surface area contributed by atoms with Crippen LogP contribution in [0.4, 0.5) is 5.82 Å². The number of anilines is 1. The van der Waals surface area contributed by atoms with Crippen molar-refractivity contribution < 1.29 is 0 Å². The molecular formula is C17H19N3. The first kappa shape index (κ1) is 14.1. The first-order valence-electron chi connectivity index (χ1n) is 6.80. The Morgan fingerprint density at radius 1 is 1.15 bits per heavy atom. The molecule has 1 aromatic heterocycles. The molecular weight excluding hydrogens is 246 g/mol. The summed E-state index contributed by atoms with van der Waals surface area (Å²) in [5.41, 5.74) is 3.13. The van der Waals surface area contributed by atoms with Gasteiger partial charge in [0, 0.05) is 6.20 Å². The van der Waals surface area contributed by atoms with Crippen molar-refractivity contribution in [3.05, 3.63) is 59.3 Å². The molecule has 0 aliphatic heterocycles. The summed E-state index contributed by atoms with van der Waals surface area (Å²) in [5, 5.41) is 12.3.